The van der Waals surface area contributed by atoms with Gasteiger partial charge < -0.3 is 24.8 Å². The summed E-state index contributed by atoms with van der Waals surface area (Å²) >= 11 is 1.46. The Morgan fingerprint density at radius 1 is 0.685 bits per heavy atom. The fraction of sp³-hybridized carbons (Fsp3) is 0.431. The maximum absolute atomic E-state index is 3.67. The van der Waals surface area contributed by atoms with Gasteiger partial charge >= 0.3 is 99.2 Å². The Balaban J connectivity index is 0.000000156. The molecule has 0 saturated heterocycles. The van der Waals surface area contributed by atoms with E-state index in [1.807, 2.05) is 0 Å². The molecule has 10 rings (SSSR count). The predicted molar refractivity (Wildman–Crippen MR) is 217 cm³/mol. The molecule has 1 atom stereocenters. The van der Waals surface area contributed by atoms with Crippen LogP contribution in [0.2, 0.25) is 0 Å². The van der Waals surface area contributed by atoms with E-state index in [4.69, 9.17) is 0 Å². The molecule has 4 bridgehead atoms. The number of hydrogen-bond acceptors (Lipinski definition) is 0. The number of rotatable bonds is 3. The molecule has 0 spiro atoms. The van der Waals surface area contributed by atoms with Crippen LogP contribution in [-0.2, 0) is 41.5 Å². The minimum atomic E-state index is 0. The van der Waals surface area contributed by atoms with Crippen LogP contribution in [0, 0.1) is 40.7 Å². The first-order valence-electron chi connectivity index (χ1n) is 19.8. The number of hydrogen-bond donors (Lipinski definition) is 0. The summed E-state index contributed by atoms with van der Waals surface area (Å²) < 4.78 is 1.42. The Kier molecular flexibility index (Phi) is 13.2. The van der Waals surface area contributed by atoms with Gasteiger partial charge in [0.15, 0.2) is 0 Å². The van der Waals surface area contributed by atoms with Gasteiger partial charge in [0.1, 0.15) is 0 Å². The van der Waals surface area contributed by atoms with Crippen molar-refractivity contribution < 1.29 is 49.0 Å². The van der Waals surface area contributed by atoms with E-state index in [0.29, 0.717) is 10.8 Å². The van der Waals surface area contributed by atoms with E-state index < -0.39 is 0 Å². The second-order valence-electron chi connectivity index (χ2n) is 19.0. The molecular weight excluding hydrogens is 775 g/mol. The molecule has 0 N–H and O–H groups in total. The van der Waals surface area contributed by atoms with Crippen LogP contribution in [0.3, 0.4) is 0 Å². The summed E-state index contributed by atoms with van der Waals surface area (Å²) in [5.74, 6) is 3.17. The van der Waals surface area contributed by atoms with Crippen molar-refractivity contribution >= 4 is 3.21 Å². The van der Waals surface area contributed by atoms with Gasteiger partial charge in [-0.15, -0.1) is 11.1 Å². The van der Waals surface area contributed by atoms with Gasteiger partial charge in [0.2, 0.25) is 0 Å². The first kappa shape index (κ1) is 42.8. The zero-order chi connectivity index (χ0) is 36.9. The molecule has 0 nitrogen and oxygen atoms in total. The van der Waals surface area contributed by atoms with Crippen molar-refractivity contribution in [3.05, 3.63) is 154 Å². The van der Waals surface area contributed by atoms with Crippen molar-refractivity contribution in [3.8, 4) is 11.1 Å². The van der Waals surface area contributed by atoms with Crippen molar-refractivity contribution in [1.82, 2.24) is 0 Å². The van der Waals surface area contributed by atoms with E-state index in [-0.39, 0.29) is 35.6 Å². The standard InChI is InChI=1S/C21H25.C17H23.C13H10.2ClH.Zr/c1-20(2,3)16-7-9-18-14(12-16)11-15-13-17(21(4,5)6)8-10-19(15)18;1-12-3-4-16(2,8-12)17-9-13-5-14(10-17)7-15(6-13)11-17;1-3-7-12(8-4-1)11-13-9-5-2-6-10-13;;;/h7-10,12H,11H2,1-6H3;4,8,13-15H,5-7,9-11H2,1-2H3;1-10H;2*1H;/q2*-1;;;;+2/p-2. The summed E-state index contributed by atoms with van der Waals surface area (Å²) in [5, 5.41) is 0. The third-order valence-corrected chi connectivity index (χ3v) is 14.3. The Labute approximate surface area is 354 Å². The average Bonchev–Trinajstić information content (AvgIpc) is 3.67. The van der Waals surface area contributed by atoms with Crippen LogP contribution in [-0.4, -0.2) is 3.21 Å². The summed E-state index contributed by atoms with van der Waals surface area (Å²) in [6.45, 7) is 18.3. The van der Waals surface area contributed by atoms with Crippen LogP contribution in [0.5, 0.6) is 0 Å². The van der Waals surface area contributed by atoms with Crippen molar-refractivity contribution in [3.63, 3.8) is 0 Å². The topological polar surface area (TPSA) is 0 Å². The van der Waals surface area contributed by atoms with Gasteiger partial charge in [0.25, 0.3) is 0 Å². The molecular formula is C51H58Cl2Zr-2. The van der Waals surface area contributed by atoms with Gasteiger partial charge in [-0.25, -0.2) is 11.6 Å². The molecule has 6 aliphatic rings. The molecule has 0 aromatic heterocycles. The SMILES string of the molecule is CC(C)(C)c1[c-]c2c(cc1)-c1ccc(C(C)(C)C)cc1C2.CC1=CC(C)(C23CC4CC(CC(C4)C2)C3)C=[C-]1.[Cl-].[Cl-].[Zr+2]=[C](c1ccccc1)c1ccccc1. The molecule has 6 aliphatic carbocycles. The second-order valence-corrected chi connectivity index (χ2v) is 20.2. The molecule has 0 heterocycles. The quantitative estimate of drug-likeness (QED) is 0.172. The molecule has 4 aromatic rings. The van der Waals surface area contributed by atoms with E-state index >= 15 is 0 Å². The van der Waals surface area contributed by atoms with Gasteiger partial charge in [-0.1, -0.05) is 84.6 Å². The molecule has 0 aliphatic heterocycles. The summed E-state index contributed by atoms with van der Waals surface area (Å²) in [5.41, 5.74) is 13.7. The maximum atomic E-state index is 3.67. The fourth-order valence-electron chi connectivity index (χ4n) is 10.3. The van der Waals surface area contributed by atoms with E-state index in [2.05, 4.69) is 171 Å². The van der Waals surface area contributed by atoms with Crippen molar-refractivity contribution in [2.75, 3.05) is 0 Å². The van der Waals surface area contributed by atoms with E-state index in [0.717, 1.165) is 24.2 Å². The number of allylic oxidation sites excluding steroid dienone is 4. The summed E-state index contributed by atoms with van der Waals surface area (Å²) in [6.07, 6.45) is 18.5. The molecule has 54 heavy (non-hydrogen) atoms. The Hall–Kier alpha value is -2.31. The molecule has 4 fully saturated rings. The normalized spacial score (nSPS) is 25.4. The van der Waals surface area contributed by atoms with Gasteiger partial charge in [-0.05, 0) is 90.1 Å². The van der Waals surface area contributed by atoms with Crippen LogP contribution in [0.25, 0.3) is 11.1 Å². The monoisotopic (exact) mass is 830 g/mol. The Morgan fingerprint density at radius 2 is 1.20 bits per heavy atom. The van der Waals surface area contributed by atoms with Crippen LogP contribution in [0.4, 0.5) is 0 Å². The minimum absolute atomic E-state index is 0. The predicted octanol–water partition coefficient (Wildman–Crippen LogP) is 6.99. The zero-order valence-corrected chi connectivity index (χ0v) is 37.7. The summed E-state index contributed by atoms with van der Waals surface area (Å²) in [7, 11) is 0. The molecule has 0 radical (unpaired) electrons. The average molecular weight is 833 g/mol. The molecule has 1 unspecified atom stereocenters. The Bertz CT molecular complexity index is 1850. The zero-order valence-electron chi connectivity index (χ0n) is 33.8. The first-order chi connectivity index (χ1) is 24.6. The second kappa shape index (κ2) is 16.7. The fourth-order valence-corrected chi connectivity index (χ4v) is 11.1. The third kappa shape index (κ3) is 8.96. The number of halogens is 2. The van der Waals surface area contributed by atoms with E-state index in [1.54, 1.807) is 19.3 Å². The van der Waals surface area contributed by atoms with Gasteiger partial charge in [0.05, 0.1) is 0 Å². The number of benzene rings is 4. The van der Waals surface area contributed by atoms with Crippen LogP contribution in [0.1, 0.15) is 127 Å². The molecule has 4 saturated carbocycles. The van der Waals surface area contributed by atoms with E-state index in [9.17, 15) is 0 Å². The van der Waals surface area contributed by atoms with Gasteiger partial charge in [-0.3, -0.25) is 6.08 Å². The van der Waals surface area contributed by atoms with Crippen LogP contribution < -0.4 is 24.8 Å². The first-order valence-corrected chi connectivity index (χ1v) is 21.0. The number of fused-ring (bicyclic) bond motifs is 3. The summed E-state index contributed by atoms with van der Waals surface area (Å²) in [4.78, 5) is 0. The summed E-state index contributed by atoms with van der Waals surface area (Å²) in [6, 6.07) is 36.3. The third-order valence-electron chi connectivity index (χ3n) is 12.9. The van der Waals surface area contributed by atoms with Crippen LogP contribution >= 0.6 is 0 Å². The van der Waals surface area contributed by atoms with Crippen molar-refractivity contribution in [2.24, 2.45) is 28.6 Å². The van der Waals surface area contributed by atoms with Gasteiger partial charge in [-0.2, -0.15) is 29.8 Å². The van der Waals surface area contributed by atoms with Gasteiger partial charge in [0, 0.05) is 0 Å². The molecule has 3 heteroatoms. The molecule has 4 aromatic carbocycles. The molecule has 0 amide bonds. The van der Waals surface area contributed by atoms with Crippen molar-refractivity contribution in [1.29, 1.82) is 0 Å². The van der Waals surface area contributed by atoms with E-state index in [1.165, 1.54) is 96.8 Å². The Morgan fingerprint density at radius 3 is 1.67 bits per heavy atom. The molecule has 282 valence electrons. The van der Waals surface area contributed by atoms with Crippen LogP contribution in [0.15, 0.2) is 109 Å². The van der Waals surface area contributed by atoms with Crippen molar-refractivity contribution in [2.45, 2.75) is 111 Å².